The van der Waals surface area contributed by atoms with Crippen LogP contribution in [-0.4, -0.2) is 78.3 Å². The molecule has 3 fully saturated rings. The molecular weight excluding hydrogens is 410 g/mol. The molecule has 0 spiro atoms. The summed E-state index contributed by atoms with van der Waals surface area (Å²) >= 11 is 0. The maximum absolute atomic E-state index is 13.1. The van der Waals surface area contributed by atoms with E-state index >= 15 is 0 Å². The number of fused-ring (bicyclic) bond motifs is 1. The molecule has 0 aromatic heterocycles. The van der Waals surface area contributed by atoms with Crippen molar-refractivity contribution in [3.63, 3.8) is 0 Å². The topological polar surface area (TPSA) is 82.6 Å². The van der Waals surface area contributed by atoms with Crippen LogP contribution in [0.4, 0.5) is 15.3 Å². The van der Waals surface area contributed by atoms with Crippen LogP contribution < -0.4 is 4.90 Å². The molecule has 2 aliphatic heterocycles. The average Bonchev–Trinajstić information content (AvgIpc) is 3.38. The molecule has 8 heteroatoms. The number of urea groups is 1. The number of aliphatic hydroxyl groups is 1. The van der Waals surface area contributed by atoms with Crippen LogP contribution in [0, 0.1) is 0 Å². The van der Waals surface area contributed by atoms with E-state index in [9.17, 15) is 14.7 Å². The van der Waals surface area contributed by atoms with Crippen molar-refractivity contribution < 1.29 is 24.2 Å². The zero-order chi connectivity index (χ0) is 23.1. The van der Waals surface area contributed by atoms with Crippen LogP contribution in [0.5, 0.6) is 0 Å². The smallest absolute Gasteiger partial charge is 0.410 e. The van der Waals surface area contributed by atoms with E-state index in [2.05, 4.69) is 0 Å². The number of hydrogen-bond donors (Lipinski definition) is 1. The fourth-order valence-corrected chi connectivity index (χ4v) is 5.30. The van der Waals surface area contributed by atoms with E-state index in [4.69, 9.17) is 9.47 Å². The van der Waals surface area contributed by atoms with Crippen molar-refractivity contribution in [1.82, 2.24) is 9.80 Å². The number of hydrogen-bond acceptors (Lipinski definition) is 5. The molecular formula is C24H35N3O5. The minimum Gasteiger partial charge on any atom is -0.444 e. The number of ether oxygens (including phenoxy) is 2. The summed E-state index contributed by atoms with van der Waals surface area (Å²) < 4.78 is 10.8. The van der Waals surface area contributed by atoms with Gasteiger partial charge >= 0.3 is 12.1 Å². The molecule has 1 aliphatic carbocycles. The lowest BCUT2D eigenvalue weighted by Gasteiger charge is -2.36. The highest BCUT2D eigenvalue weighted by atomic mass is 16.6. The van der Waals surface area contributed by atoms with Gasteiger partial charge in [0.15, 0.2) is 6.29 Å². The molecule has 176 valence electrons. The lowest BCUT2D eigenvalue weighted by molar-refractivity contribution is -0.125. The van der Waals surface area contributed by atoms with Crippen LogP contribution in [-0.2, 0) is 14.9 Å². The van der Waals surface area contributed by atoms with Crippen molar-refractivity contribution in [2.75, 3.05) is 38.2 Å². The largest absolute Gasteiger partial charge is 0.444 e. The van der Waals surface area contributed by atoms with Gasteiger partial charge in [0.05, 0.1) is 6.04 Å². The molecule has 0 bridgehead atoms. The van der Waals surface area contributed by atoms with Gasteiger partial charge in [0, 0.05) is 44.4 Å². The molecule has 1 N–H and O–H groups in total. The number of rotatable bonds is 4. The summed E-state index contributed by atoms with van der Waals surface area (Å²) in [6.07, 6.45) is 2.75. The molecule has 1 unspecified atom stereocenters. The van der Waals surface area contributed by atoms with E-state index in [-0.39, 0.29) is 23.6 Å². The predicted octanol–water partition coefficient (Wildman–Crippen LogP) is 3.32. The molecule has 0 radical (unpaired) electrons. The van der Waals surface area contributed by atoms with Crippen molar-refractivity contribution >= 4 is 17.8 Å². The Morgan fingerprint density at radius 3 is 2.38 bits per heavy atom. The van der Waals surface area contributed by atoms with Crippen LogP contribution >= 0.6 is 0 Å². The first-order valence-electron chi connectivity index (χ1n) is 11.5. The Kier molecular flexibility index (Phi) is 6.11. The van der Waals surface area contributed by atoms with Gasteiger partial charge < -0.3 is 24.4 Å². The second-order valence-electron chi connectivity index (χ2n) is 10.2. The SMILES string of the molecule is COC(O)C1(c2ccc(N3C[C@@H]4CN(C(=O)OC(C)(C)C)CCN4C3=O)cc2)CCCC1. The highest BCUT2D eigenvalue weighted by Crippen LogP contribution is 2.44. The van der Waals surface area contributed by atoms with E-state index in [1.807, 2.05) is 49.9 Å². The summed E-state index contributed by atoms with van der Waals surface area (Å²) in [5, 5.41) is 10.5. The molecule has 2 saturated heterocycles. The van der Waals surface area contributed by atoms with E-state index in [1.165, 1.54) is 0 Å². The first kappa shape index (κ1) is 22.9. The number of carbonyl (C=O) groups is 2. The number of methoxy groups -OCH3 is 1. The van der Waals surface area contributed by atoms with Gasteiger partial charge in [0.25, 0.3) is 0 Å². The van der Waals surface area contributed by atoms with Crippen molar-refractivity contribution in [2.45, 2.75) is 69.8 Å². The number of aliphatic hydroxyl groups excluding tert-OH is 1. The van der Waals surface area contributed by atoms with Gasteiger partial charge in [-0.15, -0.1) is 0 Å². The summed E-state index contributed by atoms with van der Waals surface area (Å²) in [6, 6.07) is 7.86. The Bertz CT molecular complexity index is 844. The quantitative estimate of drug-likeness (QED) is 0.719. The summed E-state index contributed by atoms with van der Waals surface area (Å²) in [7, 11) is 1.54. The minimum absolute atomic E-state index is 0.0286. The number of piperazine rings is 1. The summed E-state index contributed by atoms with van der Waals surface area (Å²) in [4.78, 5) is 30.9. The first-order chi connectivity index (χ1) is 15.1. The van der Waals surface area contributed by atoms with Gasteiger partial charge in [0.2, 0.25) is 0 Å². The monoisotopic (exact) mass is 445 g/mol. The third kappa shape index (κ3) is 4.18. The molecule has 3 aliphatic rings. The standard InChI is InChI=1S/C24H35N3O5/c1-23(2,3)32-22(30)25-13-14-26-19(15-25)16-27(21(26)29)18-9-7-17(8-10-18)24(20(28)31-4)11-5-6-12-24/h7-10,19-20,28H,5-6,11-16H2,1-4H3/t19-,20?/m0/s1. The Hall–Kier alpha value is -2.32. The minimum atomic E-state index is -0.836. The van der Waals surface area contributed by atoms with Crippen LogP contribution in [0.2, 0.25) is 0 Å². The molecule has 32 heavy (non-hydrogen) atoms. The van der Waals surface area contributed by atoms with Crippen molar-refractivity contribution in [2.24, 2.45) is 0 Å². The maximum Gasteiger partial charge on any atom is 0.410 e. The third-order valence-corrected chi connectivity index (χ3v) is 6.95. The van der Waals surface area contributed by atoms with Gasteiger partial charge in [0.1, 0.15) is 5.60 Å². The number of benzene rings is 1. The van der Waals surface area contributed by atoms with Crippen LogP contribution in [0.25, 0.3) is 0 Å². The van der Waals surface area contributed by atoms with E-state index in [1.54, 1.807) is 16.9 Å². The molecule has 8 nitrogen and oxygen atoms in total. The lowest BCUT2D eigenvalue weighted by atomic mass is 9.78. The van der Waals surface area contributed by atoms with Gasteiger partial charge in [-0.1, -0.05) is 25.0 Å². The van der Waals surface area contributed by atoms with Crippen molar-refractivity contribution in [1.29, 1.82) is 0 Å². The molecule has 1 aromatic rings. The summed E-state index contributed by atoms with van der Waals surface area (Å²) in [6.45, 7) is 7.54. The Morgan fingerprint density at radius 2 is 1.78 bits per heavy atom. The zero-order valence-electron chi connectivity index (χ0n) is 19.5. The number of carbonyl (C=O) groups excluding carboxylic acids is 2. The average molecular weight is 446 g/mol. The van der Waals surface area contributed by atoms with Crippen LogP contribution in [0.3, 0.4) is 0 Å². The number of nitrogens with zero attached hydrogens (tertiary/aromatic N) is 3. The molecule has 2 atom stereocenters. The highest BCUT2D eigenvalue weighted by Gasteiger charge is 2.44. The number of anilines is 1. The van der Waals surface area contributed by atoms with Gasteiger partial charge in [-0.05, 0) is 51.3 Å². The van der Waals surface area contributed by atoms with E-state index in [0.717, 1.165) is 36.9 Å². The molecule has 2 heterocycles. The molecule has 1 saturated carbocycles. The molecule has 1 aromatic carbocycles. The second-order valence-corrected chi connectivity index (χ2v) is 10.2. The fourth-order valence-electron chi connectivity index (χ4n) is 5.30. The Balaban J connectivity index is 1.46. The normalized spacial score (nSPS) is 24.0. The lowest BCUT2D eigenvalue weighted by Crippen LogP contribution is -2.54. The van der Waals surface area contributed by atoms with Gasteiger partial charge in [-0.25, -0.2) is 9.59 Å². The maximum atomic E-state index is 13.1. The Labute approximate surface area is 190 Å². The van der Waals surface area contributed by atoms with E-state index < -0.39 is 11.9 Å². The van der Waals surface area contributed by atoms with E-state index in [0.29, 0.717) is 26.2 Å². The highest BCUT2D eigenvalue weighted by molar-refractivity contribution is 5.95. The first-order valence-corrected chi connectivity index (χ1v) is 11.5. The summed E-state index contributed by atoms with van der Waals surface area (Å²) in [5.41, 5.74) is 0.958. The van der Waals surface area contributed by atoms with Crippen LogP contribution in [0.15, 0.2) is 24.3 Å². The Morgan fingerprint density at radius 1 is 1.12 bits per heavy atom. The number of amides is 3. The van der Waals surface area contributed by atoms with Gasteiger partial charge in [-0.2, -0.15) is 0 Å². The van der Waals surface area contributed by atoms with Crippen molar-refractivity contribution in [3.8, 4) is 0 Å². The molecule has 4 rings (SSSR count). The second kappa shape index (κ2) is 8.56. The predicted molar refractivity (Wildman–Crippen MR) is 121 cm³/mol. The third-order valence-electron chi connectivity index (χ3n) is 6.95. The fraction of sp³-hybridized carbons (Fsp3) is 0.667. The summed E-state index contributed by atoms with van der Waals surface area (Å²) in [5.74, 6) is 0. The van der Waals surface area contributed by atoms with Gasteiger partial charge in [-0.3, -0.25) is 4.90 Å². The molecule has 3 amide bonds. The van der Waals surface area contributed by atoms with Crippen LogP contribution in [0.1, 0.15) is 52.0 Å². The zero-order valence-corrected chi connectivity index (χ0v) is 19.5. The van der Waals surface area contributed by atoms with Crippen molar-refractivity contribution in [3.05, 3.63) is 29.8 Å².